The number of benzene rings is 1. The minimum atomic E-state index is -3.54. The number of aryl methyl sites for hydroxylation is 2. The summed E-state index contributed by atoms with van der Waals surface area (Å²) >= 11 is 0. The van der Waals surface area contributed by atoms with Crippen LogP contribution in [0.2, 0.25) is 0 Å². The summed E-state index contributed by atoms with van der Waals surface area (Å²) in [6.45, 7) is 6.01. The van der Waals surface area contributed by atoms with E-state index in [-0.39, 0.29) is 17.5 Å². The second kappa shape index (κ2) is 8.46. The number of likely N-dealkylation sites (N-methyl/N-ethyl adjacent to an activating group) is 1. The van der Waals surface area contributed by atoms with Crippen molar-refractivity contribution in [1.29, 1.82) is 0 Å². The largest absolute Gasteiger partial charge is 0.313 e. The predicted molar refractivity (Wildman–Crippen MR) is 109 cm³/mol. The Morgan fingerprint density at radius 2 is 1.93 bits per heavy atom. The highest BCUT2D eigenvalue weighted by Gasteiger charge is 2.20. The summed E-state index contributed by atoms with van der Waals surface area (Å²) < 4.78 is 42.0. The van der Waals surface area contributed by atoms with Crippen LogP contribution < -0.4 is 0 Å². The molecule has 0 aliphatic rings. The van der Waals surface area contributed by atoms with Gasteiger partial charge in [-0.05, 0) is 33.0 Å². The van der Waals surface area contributed by atoms with Crippen LogP contribution in [0, 0.1) is 19.7 Å². The molecule has 0 spiro atoms. The zero-order valence-corrected chi connectivity index (χ0v) is 17.9. The number of halogens is 1. The predicted octanol–water partition coefficient (Wildman–Crippen LogP) is 2.42. The third-order valence-electron chi connectivity index (χ3n) is 4.75. The highest BCUT2D eigenvalue weighted by atomic mass is 32.2. The minimum absolute atomic E-state index is 0.0531. The maximum absolute atomic E-state index is 14.1. The number of aromatic nitrogens is 4. The topological polar surface area (TPSA) is 73.0 Å². The fourth-order valence-electron chi connectivity index (χ4n) is 3.30. The first-order valence-corrected chi connectivity index (χ1v) is 11.2. The Morgan fingerprint density at radius 3 is 2.55 bits per heavy atom. The SMILES string of the molecule is Cc1cc(C)n(CCN(C)Cc2cnc(S(C)(=O)=O)n2Cc2ccccc2F)n1. The van der Waals surface area contributed by atoms with Gasteiger partial charge in [0, 0.05) is 30.6 Å². The first-order chi connectivity index (χ1) is 13.6. The Kier molecular flexibility index (Phi) is 6.18. The molecule has 0 N–H and O–H groups in total. The van der Waals surface area contributed by atoms with Crippen molar-refractivity contribution in [2.45, 2.75) is 38.6 Å². The molecule has 0 bridgehead atoms. The number of imidazole rings is 1. The Hall–Kier alpha value is -2.52. The van der Waals surface area contributed by atoms with Gasteiger partial charge in [0.25, 0.3) is 0 Å². The smallest absolute Gasteiger partial charge is 0.227 e. The van der Waals surface area contributed by atoms with Crippen molar-refractivity contribution >= 4 is 9.84 Å². The Morgan fingerprint density at radius 1 is 1.21 bits per heavy atom. The van der Waals surface area contributed by atoms with Crippen LogP contribution in [0.3, 0.4) is 0 Å². The van der Waals surface area contributed by atoms with Crippen LogP contribution >= 0.6 is 0 Å². The quantitative estimate of drug-likeness (QED) is 0.561. The summed E-state index contributed by atoms with van der Waals surface area (Å²) in [5.41, 5.74) is 3.21. The van der Waals surface area contributed by atoms with Gasteiger partial charge in [-0.3, -0.25) is 9.58 Å². The highest BCUT2D eigenvalue weighted by Crippen LogP contribution is 2.17. The summed E-state index contributed by atoms with van der Waals surface area (Å²) in [5.74, 6) is -0.371. The first-order valence-electron chi connectivity index (χ1n) is 9.32. The van der Waals surface area contributed by atoms with E-state index < -0.39 is 9.84 Å². The van der Waals surface area contributed by atoms with E-state index in [0.717, 1.165) is 30.7 Å². The average molecular weight is 420 g/mol. The van der Waals surface area contributed by atoms with Gasteiger partial charge in [0.05, 0.1) is 30.7 Å². The third kappa shape index (κ3) is 5.10. The minimum Gasteiger partial charge on any atom is -0.313 e. The Bertz CT molecular complexity index is 1100. The summed E-state index contributed by atoms with van der Waals surface area (Å²) in [6, 6.07) is 8.39. The Balaban J connectivity index is 1.80. The third-order valence-corrected chi connectivity index (χ3v) is 5.74. The van der Waals surface area contributed by atoms with Gasteiger partial charge in [-0.25, -0.2) is 17.8 Å². The highest BCUT2D eigenvalue weighted by molar-refractivity contribution is 7.90. The summed E-state index contributed by atoms with van der Waals surface area (Å²) in [6.07, 6.45) is 2.67. The van der Waals surface area contributed by atoms with E-state index in [2.05, 4.69) is 15.0 Å². The second-order valence-corrected chi connectivity index (χ2v) is 9.28. The second-order valence-electron chi connectivity index (χ2n) is 7.37. The lowest BCUT2D eigenvalue weighted by Gasteiger charge is -2.19. The maximum Gasteiger partial charge on any atom is 0.227 e. The molecule has 29 heavy (non-hydrogen) atoms. The van der Waals surface area contributed by atoms with Gasteiger partial charge in [-0.2, -0.15) is 5.10 Å². The molecular formula is C20H26FN5O2S. The van der Waals surface area contributed by atoms with E-state index in [0.29, 0.717) is 17.8 Å². The average Bonchev–Trinajstić information content (AvgIpc) is 3.17. The van der Waals surface area contributed by atoms with Crippen molar-refractivity contribution < 1.29 is 12.8 Å². The van der Waals surface area contributed by atoms with E-state index in [1.165, 1.54) is 6.07 Å². The molecule has 3 aromatic rings. The van der Waals surface area contributed by atoms with E-state index in [9.17, 15) is 12.8 Å². The fourth-order valence-corrected chi connectivity index (χ4v) is 4.13. The normalized spacial score (nSPS) is 12.1. The van der Waals surface area contributed by atoms with Gasteiger partial charge >= 0.3 is 0 Å². The fraction of sp³-hybridized carbons (Fsp3) is 0.400. The number of sulfone groups is 1. The number of hydrogen-bond acceptors (Lipinski definition) is 5. The molecule has 0 aliphatic heterocycles. The van der Waals surface area contributed by atoms with Crippen LogP contribution in [-0.4, -0.2) is 52.5 Å². The molecule has 2 aromatic heterocycles. The van der Waals surface area contributed by atoms with Crippen molar-refractivity contribution in [3.8, 4) is 0 Å². The molecule has 7 nitrogen and oxygen atoms in total. The van der Waals surface area contributed by atoms with Crippen LogP contribution in [0.5, 0.6) is 0 Å². The molecule has 0 amide bonds. The molecule has 3 rings (SSSR count). The van der Waals surface area contributed by atoms with Crippen LogP contribution in [0.4, 0.5) is 4.39 Å². The lowest BCUT2D eigenvalue weighted by molar-refractivity contribution is 0.295. The molecule has 0 saturated heterocycles. The molecule has 2 heterocycles. The molecule has 0 aliphatic carbocycles. The molecule has 0 fully saturated rings. The van der Waals surface area contributed by atoms with Crippen LogP contribution in [0.15, 0.2) is 41.7 Å². The summed E-state index contributed by atoms with van der Waals surface area (Å²) in [7, 11) is -1.59. The van der Waals surface area contributed by atoms with Gasteiger partial charge in [0.2, 0.25) is 15.0 Å². The van der Waals surface area contributed by atoms with Gasteiger partial charge in [0.1, 0.15) is 5.82 Å². The Labute approximate surface area is 170 Å². The molecular weight excluding hydrogens is 393 g/mol. The summed E-state index contributed by atoms with van der Waals surface area (Å²) in [4.78, 5) is 6.18. The molecule has 0 unspecified atom stereocenters. The van der Waals surface area contributed by atoms with Crippen molar-refractivity contribution in [3.63, 3.8) is 0 Å². The monoisotopic (exact) mass is 419 g/mol. The van der Waals surface area contributed by atoms with E-state index in [4.69, 9.17) is 0 Å². The van der Waals surface area contributed by atoms with Crippen molar-refractivity contribution in [1.82, 2.24) is 24.2 Å². The number of nitrogens with zero attached hydrogens (tertiary/aromatic N) is 5. The van der Waals surface area contributed by atoms with E-state index >= 15 is 0 Å². The zero-order valence-electron chi connectivity index (χ0n) is 17.1. The molecule has 9 heteroatoms. The van der Waals surface area contributed by atoms with Gasteiger partial charge < -0.3 is 4.57 Å². The molecule has 156 valence electrons. The molecule has 0 saturated carbocycles. The standard InChI is InChI=1S/C20H26FN5O2S/c1-15-11-16(2)26(23-15)10-9-24(3)14-18-12-22-20(29(4,27)28)25(18)13-17-7-5-6-8-19(17)21/h5-8,11-12H,9-10,13-14H2,1-4H3. The molecule has 0 radical (unpaired) electrons. The van der Waals surface area contributed by atoms with Crippen molar-refractivity contribution in [2.75, 3.05) is 19.8 Å². The molecule has 1 aromatic carbocycles. The first kappa shape index (κ1) is 21.2. The molecule has 0 atom stereocenters. The van der Waals surface area contributed by atoms with E-state index in [1.54, 1.807) is 29.0 Å². The van der Waals surface area contributed by atoms with Gasteiger partial charge in [-0.15, -0.1) is 0 Å². The van der Waals surface area contributed by atoms with Crippen molar-refractivity contribution in [2.24, 2.45) is 0 Å². The lowest BCUT2D eigenvalue weighted by Crippen LogP contribution is -2.25. The summed E-state index contributed by atoms with van der Waals surface area (Å²) in [5, 5.41) is 4.41. The van der Waals surface area contributed by atoms with Crippen LogP contribution in [0.25, 0.3) is 0 Å². The number of rotatable bonds is 8. The lowest BCUT2D eigenvalue weighted by atomic mass is 10.2. The van der Waals surface area contributed by atoms with Crippen LogP contribution in [0.1, 0.15) is 22.6 Å². The number of hydrogen-bond donors (Lipinski definition) is 0. The van der Waals surface area contributed by atoms with E-state index in [1.807, 2.05) is 31.6 Å². The zero-order chi connectivity index (χ0) is 21.2. The van der Waals surface area contributed by atoms with Gasteiger partial charge in [0.15, 0.2) is 0 Å². The maximum atomic E-state index is 14.1. The van der Waals surface area contributed by atoms with Gasteiger partial charge in [-0.1, -0.05) is 18.2 Å². The van der Waals surface area contributed by atoms with Crippen molar-refractivity contribution in [3.05, 3.63) is 65.0 Å². The van der Waals surface area contributed by atoms with Crippen LogP contribution in [-0.2, 0) is 29.5 Å².